The van der Waals surface area contributed by atoms with Crippen molar-refractivity contribution in [3.63, 3.8) is 0 Å². The molecular weight excluding hydrogens is 504 g/mol. The highest BCUT2D eigenvalue weighted by atomic mass is 32.2. The number of sulfone groups is 1. The molecule has 0 aromatic heterocycles. The van der Waals surface area contributed by atoms with Gasteiger partial charge < -0.3 is 16.4 Å². The Morgan fingerprint density at radius 3 is 2.13 bits per heavy atom. The Hall–Kier alpha value is -3.58. The SMILES string of the molecule is CC/C=C(/N/C(=C(/C)CC)c1ccccc1NC)C(/N=C(\C=C(/C)CC)c1ccc(S(C)(=O)=O)cc1)=C(C)N. The number of para-hydroxylation sites is 1. The van der Waals surface area contributed by atoms with Gasteiger partial charge in [-0.05, 0) is 69.9 Å². The molecule has 4 N–H and O–H groups in total. The van der Waals surface area contributed by atoms with Crippen LogP contribution in [0, 0.1) is 0 Å². The van der Waals surface area contributed by atoms with E-state index in [9.17, 15) is 8.42 Å². The molecule has 0 aliphatic rings. The van der Waals surface area contributed by atoms with Crippen LogP contribution in [-0.2, 0) is 9.84 Å². The van der Waals surface area contributed by atoms with Crippen molar-refractivity contribution >= 4 is 26.9 Å². The van der Waals surface area contributed by atoms with Crippen LogP contribution < -0.4 is 16.4 Å². The summed E-state index contributed by atoms with van der Waals surface area (Å²) in [6.07, 6.45) is 7.86. The highest BCUT2D eigenvalue weighted by molar-refractivity contribution is 7.90. The minimum absolute atomic E-state index is 0.272. The fourth-order valence-electron chi connectivity index (χ4n) is 3.92. The van der Waals surface area contributed by atoms with E-state index < -0.39 is 9.84 Å². The Morgan fingerprint density at radius 1 is 0.974 bits per heavy atom. The Morgan fingerprint density at radius 2 is 1.62 bits per heavy atom. The molecule has 2 rings (SSSR count). The minimum Gasteiger partial charge on any atom is -0.400 e. The Balaban J connectivity index is 2.74. The number of allylic oxidation sites excluding steroid dienone is 5. The van der Waals surface area contributed by atoms with Gasteiger partial charge in [-0.2, -0.15) is 0 Å². The van der Waals surface area contributed by atoms with Crippen molar-refractivity contribution in [2.75, 3.05) is 18.6 Å². The molecule has 0 heterocycles. The second kappa shape index (κ2) is 14.5. The minimum atomic E-state index is -3.30. The largest absolute Gasteiger partial charge is 0.400 e. The molecule has 0 fully saturated rings. The molecule has 0 bridgehead atoms. The van der Waals surface area contributed by atoms with Crippen molar-refractivity contribution < 1.29 is 8.42 Å². The van der Waals surface area contributed by atoms with Gasteiger partial charge in [0.05, 0.1) is 16.3 Å². The molecule has 6 nitrogen and oxygen atoms in total. The number of rotatable bonds is 12. The maximum atomic E-state index is 12.0. The smallest absolute Gasteiger partial charge is 0.175 e. The van der Waals surface area contributed by atoms with E-state index >= 15 is 0 Å². The predicted octanol–water partition coefficient (Wildman–Crippen LogP) is 7.19. The van der Waals surface area contributed by atoms with Gasteiger partial charge in [0.25, 0.3) is 0 Å². The van der Waals surface area contributed by atoms with Crippen LogP contribution in [0.2, 0.25) is 0 Å². The molecule has 39 heavy (non-hydrogen) atoms. The van der Waals surface area contributed by atoms with Crippen LogP contribution >= 0.6 is 0 Å². The summed E-state index contributed by atoms with van der Waals surface area (Å²) in [5.74, 6) is 0. The quantitative estimate of drug-likeness (QED) is 0.193. The van der Waals surface area contributed by atoms with E-state index in [1.165, 1.54) is 11.8 Å². The first-order valence-corrected chi connectivity index (χ1v) is 15.3. The summed E-state index contributed by atoms with van der Waals surface area (Å²) in [5.41, 5.74) is 15.5. The van der Waals surface area contributed by atoms with Gasteiger partial charge in [-0.15, -0.1) is 0 Å². The van der Waals surface area contributed by atoms with E-state index in [1.54, 1.807) is 24.3 Å². The van der Waals surface area contributed by atoms with Crippen LogP contribution in [0.4, 0.5) is 5.69 Å². The third-order valence-electron chi connectivity index (χ3n) is 6.47. The standard InChI is InChI=1S/C32H44N4O2S/c1-9-14-29(35-31(23(5)11-3)27-15-12-13-16-28(27)34-7)32(24(6)33)36-30(21-22(4)10-2)25-17-19-26(20-18-25)39(8,37)38/h12-21,34-35H,9-11,33H2,1-8H3/b22-21+,29-14+,31-23-,32-24?,36-30+. The van der Waals surface area contributed by atoms with E-state index in [-0.39, 0.29) is 4.90 Å². The molecule has 0 atom stereocenters. The summed E-state index contributed by atoms with van der Waals surface area (Å²) in [5, 5.41) is 6.99. The lowest BCUT2D eigenvalue weighted by molar-refractivity contribution is 0.602. The van der Waals surface area contributed by atoms with Crippen LogP contribution in [0.1, 0.15) is 71.9 Å². The first kappa shape index (κ1) is 31.6. The van der Waals surface area contributed by atoms with Gasteiger partial charge in [-0.25, -0.2) is 13.4 Å². The number of benzene rings is 2. The highest BCUT2D eigenvalue weighted by Gasteiger charge is 2.16. The second-order valence-corrected chi connectivity index (χ2v) is 11.6. The van der Waals surface area contributed by atoms with Gasteiger partial charge >= 0.3 is 0 Å². The van der Waals surface area contributed by atoms with E-state index in [1.807, 2.05) is 32.2 Å². The fraction of sp³-hybridized carbons (Fsp3) is 0.344. The summed E-state index contributed by atoms with van der Waals surface area (Å²) in [7, 11) is -1.38. The summed E-state index contributed by atoms with van der Waals surface area (Å²) in [6, 6.07) is 15.0. The van der Waals surface area contributed by atoms with Crippen molar-refractivity contribution in [1.82, 2.24) is 5.32 Å². The third-order valence-corrected chi connectivity index (χ3v) is 7.60. The number of hydrogen-bond donors (Lipinski definition) is 3. The van der Waals surface area contributed by atoms with Crippen molar-refractivity contribution in [3.05, 3.63) is 100 Å². The predicted molar refractivity (Wildman–Crippen MR) is 167 cm³/mol. The molecule has 0 radical (unpaired) electrons. The molecule has 0 saturated heterocycles. The zero-order valence-electron chi connectivity index (χ0n) is 24.6. The first-order chi connectivity index (χ1) is 18.5. The van der Waals surface area contributed by atoms with E-state index in [4.69, 9.17) is 10.7 Å². The molecule has 2 aromatic carbocycles. The lowest BCUT2D eigenvalue weighted by Gasteiger charge is -2.21. The number of hydrogen-bond acceptors (Lipinski definition) is 6. The average Bonchev–Trinajstić information content (AvgIpc) is 2.92. The summed E-state index contributed by atoms with van der Waals surface area (Å²) < 4.78 is 24.0. The maximum absolute atomic E-state index is 12.0. The Bertz CT molecular complexity index is 1410. The van der Waals surface area contributed by atoms with Gasteiger partial charge in [0.2, 0.25) is 0 Å². The van der Waals surface area contributed by atoms with E-state index in [0.717, 1.165) is 53.0 Å². The molecule has 0 amide bonds. The van der Waals surface area contributed by atoms with E-state index in [2.05, 4.69) is 63.5 Å². The lowest BCUT2D eigenvalue weighted by Crippen LogP contribution is -2.18. The van der Waals surface area contributed by atoms with Gasteiger partial charge in [-0.3, -0.25) is 0 Å². The third kappa shape index (κ3) is 8.72. The van der Waals surface area contributed by atoms with Crippen molar-refractivity contribution in [3.8, 4) is 0 Å². The lowest BCUT2D eigenvalue weighted by atomic mass is 10.0. The molecule has 0 aliphatic heterocycles. The van der Waals surface area contributed by atoms with Crippen LogP contribution in [-0.4, -0.2) is 27.4 Å². The number of nitrogens with one attached hydrogen (secondary N) is 2. The van der Waals surface area contributed by atoms with Gasteiger partial charge in [0.15, 0.2) is 9.84 Å². The highest BCUT2D eigenvalue weighted by Crippen LogP contribution is 2.28. The average molecular weight is 549 g/mol. The topological polar surface area (TPSA) is 96.6 Å². The number of anilines is 1. The molecule has 0 unspecified atom stereocenters. The zero-order chi connectivity index (χ0) is 29.2. The number of nitrogens with two attached hydrogens (primary N) is 1. The molecule has 2 aromatic rings. The molecular formula is C32H44N4O2S. The zero-order valence-corrected chi connectivity index (χ0v) is 25.5. The van der Waals surface area contributed by atoms with Gasteiger partial charge in [0.1, 0.15) is 5.70 Å². The molecule has 0 aliphatic carbocycles. The molecule has 210 valence electrons. The summed E-state index contributed by atoms with van der Waals surface area (Å²) in [4.78, 5) is 5.37. The molecule has 0 spiro atoms. The number of aliphatic imine (C=N–C) groups is 1. The maximum Gasteiger partial charge on any atom is 0.175 e. The van der Waals surface area contributed by atoms with Gasteiger partial charge in [-0.1, -0.05) is 62.8 Å². The van der Waals surface area contributed by atoms with Crippen LogP contribution in [0.15, 0.2) is 98.8 Å². The van der Waals surface area contributed by atoms with Crippen LogP contribution in [0.5, 0.6) is 0 Å². The second-order valence-electron chi connectivity index (χ2n) is 9.62. The van der Waals surface area contributed by atoms with Crippen LogP contribution in [0.3, 0.4) is 0 Å². The van der Waals surface area contributed by atoms with Crippen molar-refractivity contribution in [2.45, 2.75) is 65.7 Å². The Labute approximate surface area is 235 Å². The monoisotopic (exact) mass is 548 g/mol. The van der Waals surface area contributed by atoms with E-state index in [0.29, 0.717) is 17.1 Å². The molecule has 7 heteroatoms. The molecule has 0 saturated carbocycles. The fourth-order valence-corrected chi connectivity index (χ4v) is 4.55. The van der Waals surface area contributed by atoms with Crippen molar-refractivity contribution in [2.24, 2.45) is 10.7 Å². The normalized spacial score (nSPS) is 14.5. The number of nitrogens with zero attached hydrogens (tertiary/aromatic N) is 1. The first-order valence-electron chi connectivity index (χ1n) is 13.4. The van der Waals surface area contributed by atoms with Crippen molar-refractivity contribution in [1.29, 1.82) is 0 Å². The summed E-state index contributed by atoms with van der Waals surface area (Å²) in [6.45, 7) is 12.3. The van der Waals surface area contributed by atoms with Crippen LogP contribution in [0.25, 0.3) is 5.70 Å². The van der Waals surface area contributed by atoms with Gasteiger partial charge in [0, 0.05) is 41.5 Å². The summed E-state index contributed by atoms with van der Waals surface area (Å²) >= 11 is 0. The Kier molecular flexibility index (Phi) is 11.8.